The van der Waals surface area contributed by atoms with Crippen LogP contribution >= 0.6 is 0 Å². The molecule has 0 saturated heterocycles. The molecule has 2 aromatic heterocycles. The van der Waals surface area contributed by atoms with Crippen molar-refractivity contribution < 1.29 is 14.3 Å². The predicted octanol–water partition coefficient (Wildman–Crippen LogP) is 3.18. The molecule has 0 atom stereocenters. The fraction of sp³-hybridized carbons (Fsp3) is 0.261. The van der Waals surface area contributed by atoms with Gasteiger partial charge in [0.1, 0.15) is 11.4 Å². The van der Waals surface area contributed by atoms with Gasteiger partial charge in [0.2, 0.25) is 5.91 Å². The van der Waals surface area contributed by atoms with E-state index in [0.29, 0.717) is 18.9 Å². The van der Waals surface area contributed by atoms with E-state index in [4.69, 9.17) is 4.74 Å². The fourth-order valence-corrected chi connectivity index (χ4v) is 2.96. The van der Waals surface area contributed by atoms with Crippen molar-refractivity contribution in [3.05, 3.63) is 72.2 Å². The lowest BCUT2D eigenvalue weighted by Gasteiger charge is -2.21. The van der Waals surface area contributed by atoms with Crippen LogP contribution in [-0.2, 0) is 16.1 Å². The highest BCUT2D eigenvalue weighted by Crippen LogP contribution is 2.20. The number of pyridine rings is 1. The standard InChI is InChI=1S/C23H25N5O3/c1-3-28(16-17-10-12-24-13-11-17)20(29)15-26-22-19(23(30)31-4-2)14-25-21(27-22)18-8-6-5-7-9-18/h5-14H,3-4,15-16H2,1-2H3,(H,25,26,27). The Hall–Kier alpha value is -3.81. The van der Waals surface area contributed by atoms with Crippen molar-refractivity contribution >= 4 is 17.7 Å². The quantitative estimate of drug-likeness (QED) is 0.532. The Morgan fingerprint density at radius 2 is 1.81 bits per heavy atom. The molecule has 0 saturated carbocycles. The number of esters is 1. The number of amides is 1. The molecule has 1 N–H and O–H groups in total. The topological polar surface area (TPSA) is 97.3 Å². The summed E-state index contributed by atoms with van der Waals surface area (Å²) in [5.41, 5.74) is 1.98. The maximum atomic E-state index is 12.8. The average Bonchev–Trinajstić information content (AvgIpc) is 2.82. The number of hydrogen-bond acceptors (Lipinski definition) is 7. The van der Waals surface area contributed by atoms with Crippen molar-refractivity contribution in [1.29, 1.82) is 0 Å². The van der Waals surface area contributed by atoms with Gasteiger partial charge in [0.05, 0.1) is 13.2 Å². The third-order valence-electron chi connectivity index (χ3n) is 4.58. The van der Waals surface area contributed by atoms with Crippen LogP contribution in [-0.4, -0.2) is 51.4 Å². The molecule has 0 unspecified atom stereocenters. The zero-order chi connectivity index (χ0) is 22.1. The monoisotopic (exact) mass is 419 g/mol. The van der Waals surface area contributed by atoms with Gasteiger partial charge in [-0.15, -0.1) is 0 Å². The predicted molar refractivity (Wildman–Crippen MR) is 117 cm³/mol. The number of ether oxygens (including phenoxy) is 1. The number of aromatic nitrogens is 3. The molecule has 1 aromatic carbocycles. The van der Waals surface area contributed by atoms with Gasteiger partial charge >= 0.3 is 5.97 Å². The number of carbonyl (C=O) groups is 2. The molecule has 0 aliphatic carbocycles. The van der Waals surface area contributed by atoms with E-state index < -0.39 is 5.97 Å². The second-order valence-corrected chi connectivity index (χ2v) is 6.66. The van der Waals surface area contributed by atoms with Crippen LogP contribution in [0.2, 0.25) is 0 Å². The van der Waals surface area contributed by atoms with Crippen molar-refractivity contribution in [3.8, 4) is 11.4 Å². The molecule has 0 aliphatic rings. The van der Waals surface area contributed by atoms with Crippen molar-refractivity contribution in [2.24, 2.45) is 0 Å². The first-order valence-corrected chi connectivity index (χ1v) is 10.1. The highest BCUT2D eigenvalue weighted by Gasteiger charge is 2.19. The number of nitrogens with zero attached hydrogens (tertiary/aromatic N) is 4. The Balaban J connectivity index is 1.79. The molecular weight excluding hydrogens is 394 g/mol. The second-order valence-electron chi connectivity index (χ2n) is 6.66. The number of likely N-dealkylation sites (N-methyl/N-ethyl adjacent to an activating group) is 1. The minimum absolute atomic E-state index is 0.0173. The molecule has 0 radical (unpaired) electrons. The van der Waals surface area contributed by atoms with E-state index in [2.05, 4.69) is 20.3 Å². The summed E-state index contributed by atoms with van der Waals surface area (Å²) in [5.74, 6) is 0.0588. The highest BCUT2D eigenvalue weighted by atomic mass is 16.5. The summed E-state index contributed by atoms with van der Waals surface area (Å²) >= 11 is 0. The lowest BCUT2D eigenvalue weighted by atomic mass is 10.2. The number of benzene rings is 1. The molecular formula is C23H25N5O3. The summed E-state index contributed by atoms with van der Waals surface area (Å²) < 4.78 is 5.11. The molecule has 8 nitrogen and oxygen atoms in total. The minimum Gasteiger partial charge on any atom is -0.462 e. The van der Waals surface area contributed by atoms with Crippen LogP contribution in [0.3, 0.4) is 0 Å². The lowest BCUT2D eigenvalue weighted by molar-refractivity contribution is -0.129. The molecule has 8 heteroatoms. The van der Waals surface area contributed by atoms with Crippen LogP contribution in [0.25, 0.3) is 11.4 Å². The zero-order valence-electron chi connectivity index (χ0n) is 17.6. The van der Waals surface area contributed by atoms with Crippen molar-refractivity contribution in [2.75, 3.05) is 25.0 Å². The second kappa shape index (κ2) is 10.8. The SMILES string of the molecule is CCOC(=O)c1cnc(-c2ccccc2)nc1NCC(=O)N(CC)Cc1ccncc1. The zero-order valence-corrected chi connectivity index (χ0v) is 17.6. The third kappa shape index (κ3) is 5.85. The van der Waals surface area contributed by atoms with E-state index in [-0.39, 0.29) is 30.4 Å². The van der Waals surface area contributed by atoms with Gasteiger partial charge in [-0.2, -0.15) is 0 Å². The van der Waals surface area contributed by atoms with E-state index in [1.165, 1.54) is 6.20 Å². The van der Waals surface area contributed by atoms with Gasteiger partial charge in [0, 0.05) is 37.2 Å². The molecule has 2 heterocycles. The number of carbonyl (C=O) groups excluding carboxylic acids is 2. The van der Waals surface area contributed by atoms with Gasteiger partial charge in [-0.3, -0.25) is 9.78 Å². The van der Waals surface area contributed by atoms with Crippen LogP contribution in [0.1, 0.15) is 29.8 Å². The van der Waals surface area contributed by atoms with Gasteiger partial charge < -0.3 is 15.0 Å². The maximum Gasteiger partial charge on any atom is 0.343 e. The molecule has 0 spiro atoms. The molecule has 3 aromatic rings. The molecule has 3 rings (SSSR count). The molecule has 0 aliphatic heterocycles. The van der Waals surface area contributed by atoms with Gasteiger partial charge in [0.25, 0.3) is 0 Å². The van der Waals surface area contributed by atoms with E-state index in [1.54, 1.807) is 24.2 Å². The summed E-state index contributed by atoms with van der Waals surface area (Å²) in [6, 6.07) is 13.2. The largest absolute Gasteiger partial charge is 0.462 e. The Kier molecular flexibility index (Phi) is 7.64. The van der Waals surface area contributed by atoms with Crippen molar-refractivity contribution in [2.45, 2.75) is 20.4 Å². The summed E-state index contributed by atoms with van der Waals surface area (Å²) in [6.07, 6.45) is 4.82. The lowest BCUT2D eigenvalue weighted by Crippen LogP contribution is -2.35. The summed E-state index contributed by atoms with van der Waals surface area (Å²) in [6.45, 7) is 4.88. The first kappa shape index (κ1) is 21.9. The van der Waals surface area contributed by atoms with Gasteiger partial charge in [-0.05, 0) is 31.5 Å². The fourth-order valence-electron chi connectivity index (χ4n) is 2.96. The Labute approximate surface area is 181 Å². The number of hydrogen-bond donors (Lipinski definition) is 1. The average molecular weight is 419 g/mol. The number of rotatable bonds is 9. The molecule has 1 amide bonds. The smallest absolute Gasteiger partial charge is 0.343 e. The van der Waals surface area contributed by atoms with E-state index in [1.807, 2.05) is 49.4 Å². The first-order valence-electron chi connectivity index (χ1n) is 10.1. The summed E-state index contributed by atoms with van der Waals surface area (Å²) in [7, 11) is 0. The van der Waals surface area contributed by atoms with Crippen molar-refractivity contribution in [3.63, 3.8) is 0 Å². The van der Waals surface area contributed by atoms with Crippen LogP contribution in [0, 0.1) is 0 Å². The molecule has 0 fully saturated rings. The molecule has 0 bridgehead atoms. The molecule has 160 valence electrons. The highest BCUT2D eigenvalue weighted by molar-refractivity contribution is 5.95. The van der Waals surface area contributed by atoms with Crippen LogP contribution in [0.15, 0.2) is 61.1 Å². The third-order valence-corrected chi connectivity index (χ3v) is 4.58. The van der Waals surface area contributed by atoms with Gasteiger partial charge in [-0.25, -0.2) is 14.8 Å². The van der Waals surface area contributed by atoms with E-state index >= 15 is 0 Å². The van der Waals surface area contributed by atoms with Crippen LogP contribution < -0.4 is 5.32 Å². The van der Waals surface area contributed by atoms with E-state index in [9.17, 15) is 9.59 Å². The van der Waals surface area contributed by atoms with E-state index in [0.717, 1.165) is 11.1 Å². The summed E-state index contributed by atoms with van der Waals surface area (Å²) in [5, 5.41) is 3.01. The van der Waals surface area contributed by atoms with Gasteiger partial charge in [-0.1, -0.05) is 30.3 Å². The number of nitrogens with one attached hydrogen (secondary N) is 1. The van der Waals surface area contributed by atoms with Crippen LogP contribution in [0.5, 0.6) is 0 Å². The summed E-state index contributed by atoms with van der Waals surface area (Å²) in [4.78, 5) is 39.6. The Bertz CT molecular complexity index is 1010. The minimum atomic E-state index is -0.541. The van der Waals surface area contributed by atoms with Gasteiger partial charge in [0.15, 0.2) is 5.82 Å². The van der Waals surface area contributed by atoms with Crippen LogP contribution in [0.4, 0.5) is 5.82 Å². The maximum absolute atomic E-state index is 12.8. The van der Waals surface area contributed by atoms with Crippen molar-refractivity contribution in [1.82, 2.24) is 19.9 Å². The first-order chi connectivity index (χ1) is 15.1. The normalized spacial score (nSPS) is 10.4. The number of anilines is 1. The molecule has 31 heavy (non-hydrogen) atoms. The Morgan fingerprint density at radius 1 is 1.06 bits per heavy atom. The Morgan fingerprint density at radius 3 is 2.48 bits per heavy atom.